The zero-order valence-corrected chi connectivity index (χ0v) is 33.9. The van der Waals surface area contributed by atoms with Gasteiger partial charge in [0.2, 0.25) is 20.2 Å². The summed E-state index contributed by atoms with van der Waals surface area (Å²) in [6, 6.07) is 20.2. The highest BCUT2D eigenvalue weighted by molar-refractivity contribution is 6.72. The first-order valence-corrected chi connectivity index (χ1v) is 23.1. The SMILES string of the molecule is CCOc1ccc2c(c1)CC(NCCCCO)C(=O)N2c1ccc(CN2C(=O)[C@]3(O[C@H](CC(=O)N4CCC[C@H]4CO)[C@@H]([Si](C)(C)F)[C@@H]3C)c3ccccc32)cc1. The molecule has 11 nitrogen and oxygen atoms in total. The average Bonchev–Trinajstić information content (AvgIpc) is 3.84. The van der Waals surface area contributed by atoms with Gasteiger partial charge in [0.25, 0.3) is 5.91 Å². The van der Waals surface area contributed by atoms with Gasteiger partial charge in [0.1, 0.15) is 5.75 Å². The van der Waals surface area contributed by atoms with Crippen LogP contribution in [0.5, 0.6) is 5.75 Å². The first-order valence-electron chi connectivity index (χ1n) is 20.1. The Bertz CT molecular complexity index is 1920. The van der Waals surface area contributed by atoms with E-state index >= 15 is 4.11 Å². The normalized spacial score (nSPS) is 26.0. The Morgan fingerprint density at radius 3 is 2.54 bits per heavy atom. The molecule has 3 aromatic rings. The van der Waals surface area contributed by atoms with Crippen molar-refractivity contribution >= 4 is 43.2 Å². The number of halogens is 1. The molecule has 4 heterocycles. The molecule has 4 aliphatic heterocycles. The minimum Gasteiger partial charge on any atom is -0.494 e. The summed E-state index contributed by atoms with van der Waals surface area (Å²) in [6.07, 6.45) is 2.61. The number of carbonyl (C=O) groups is 3. The van der Waals surface area contributed by atoms with E-state index in [1.807, 2.05) is 80.6 Å². The van der Waals surface area contributed by atoms with Gasteiger partial charge in [-0.05, 0) is 106 Å². The Kier molecular flexibility index (Phi) is 11.7. The van der Waals surface area contributed by atoms with Crippen LogP contribution < -0.4 is 19.9 Å². The summed E-state index contributed by atoms with van der Waals surface area (Å²) in [5, 5.41) is 22.5. The maximum Gasteiger partial charge on any atom is 0.264 e. The van der Waals surface area contributed by atoms with Crippen molar-refractivity contribution in [1.82, 2.24) is 10.2 Å². The molecule has 3 amide bonds. The van der Waals surface area contributed by atoms with Gasteiger partial charge in [-0.15, -0.1) is 0 Å². The third-order valence-electron chi connectivity index (χ3n) is 12.2. The van der Waals surface area contributed by atoms with E-state index in [-0.39, 0.29) is 49.9 Å². The Hall–Kier alpha value is -4.14. The van der Waals surface area contributed by atoms with E-state index in [1.54, 1.807) is 27.8 Å². The Balaban J connectivity index is 1.15. The second-order valence-corrected chi connectivity index (χ2v) is 19.9. The van der Waals surface area contributed by atoms with Crippen molar-refractivity contribution in [3.63, 3.8) is 0 Å². The number of anilines is 3. The zero-order chi connectivity index (χ0) is 39.8. The van der Waals surface area contributed by atoms with Crippen LogP contribution in [0.4, 0.5) is 21.2 Å². The van der Waals surface area contributed by atoms with Gasteiger partial charge in [-0.1, -0.05) is 37.3 Å². The summed E-state index contributed by atoms with van der Waals surface area (Å²) < 4.78 is 28.9. The van der Waals surface area contributed by atoms with Crippen molar-refractivity contribution in [2.45, 2.75) is 101 Å². The summed E-state index contributed by atoms with van der Waals surface area (Å²) in [5.74, 6) is -0.313. The number of likely N-dealkylation sites (tertiary alicyclic amines) is 1. The maximum absolute atomic E-state index is 16.4. The molecule has 7 rings (SSSR count). The van der Waals surface area contributed by atoms with Gasteiger partial charge >= 0.3 is 0 Å². The van der Waals surface area contributed by atoms with E-state index in [0.717, 1.165) is 41.8 Å². The number of hydrogen-bond donors (Lipinski definition) is 3. The number of nitrogens with zero attached hydrogens (tertiary/aromatic N) is 3. The Morgan fingerprint density at radius 1 is 1.05 bits per heavy atom. The highest BCUT2D eigenvalue weighted by atomic mass is 28.4. The molecule has 1 spiro atoms. The minimum absolute atomic E-state index is 0.0468. The summed E-state index contributed by atoms with van der Waals surface area (Å²) in [6.45, 7) is 8.97. The molecule has 300 valence electrons. The average molecular weight is 787 g/mol. The second kappa shape index (κ2) is 16.4. The van der Waals surface area contributed by atoms with Crippen LogP contribution in [0.25, 0.3) is 0 Å². The molecule has 2 fully saturated rings. The Labute approximate surface area is 329 Å². The predicted molar refractivity (Wildman–Crippen MR) is 215 cm³/mol. The second-order valence-electron chi connectivity index (χ2n) is 16.2. The fraction of sp³-hybridized carbons (Fsp3) is 0.512. The number of amides is 3. The van der Waals surface area contributed by atoms with Crippen LogP contribution in [0.15, 0.2) is 66.7 Å². The number of nitrogens with one attached hydrogen (secondary N) is 1. The summed E-state index contributed by atoms with van der Waals surface area (Å²) in [7, 11) is -3.47. The lowest BCUT2D eigenvalue weighted by Gasteiger charge is -2.35. The van der Waals surface area contributed by atoms with Gasteiger partial charge in [0.05, 0.1) is 55.7 Å². The third kappa shape index (κ3) is 7.28. The number of fused-ring (bicyclic) bond motifs is 3. The number of benzene rings is 3. The molecule has 1 unspecified atom stereocenters. The van der Waals surface area contributed by atoms with Crippen LogP contribution in [-0.4, -0.2) is 92.3 Å². The Morgan fingerprint density at radius 2 is 1.82 bits per heavy atom. The highest BCUT2D eigenvalue weighted by Gasteiger charge is 2.67. The van der Waals surface area contributed by atoms with Gasteiger partial charge in [-0.25, -0.2) is 0 Å². The number of carbonyl (C=O) groups excluding carboxylic acids is 3. The molecule has 56 heavy (non-hydrogen) atoms. The summed E-state index contributed by atoms with van der Waals surface area (Å²) in [4.78, 5) is 47.7. The van der Waals surface area contributed by atoms with Crippen LogP contribution >= 0.6 is 0 Å². The molecule has 0 radical (unpaired) electrons. The fourth-order valence-electron chi connectivity index (χ4n) is 9.66. The van der Waals surface area contributed by atoms with Gasteiger partial charge in [0, 0.05) is 35.9 Å². The number of para-hydroxylation sites is 1. The van der Waals surface area contributed by atoms with Crippen LogP contribution in [0.2, 0.25) is 18.6 Å². The van der Waals surface area contributed by atoms with E-state index in [9.17, 15) is 24.6 Å². The van der Waals surface area contributed by atoms with Gasteiger partial charge in [0.15, 0.2) is 5.60 Å². The molecule has 13 heteroatoms. The van der Waals surface area contributed by atoms with Gasteiger partial charge in [-0.2, -0.15) is 0 Å². The number of unbranched alkanes of at least 4 members (excludes halogenated alkanes) is 1. The standard InChI is InChI=1S/C43H55FN4O7Si/c1-5-54-33-18-19-36-30(23-33)24-35(45-20-8-9-22-49)41(52)48(36)31-16-14-29(15-17-31)26-47-37-13-7-6-12-34(37)43(42(47)53)28(2)40(56(3,4)44)38(55-43)25-39(51)46-21-10-11-32(46)27-50/h6-7,12-19,23,28,32,35,38,40,45,49-50H,5,8-11,20-22,24-27H2,1-4H3/t28-,32-,35?,38+,40-,43+/m0/s1. The van der Waals surface area contributed by atoms with Gasteiger partial charge < -0.3 is 38.9 Å². The number of rotatable bonds is 14. The summed E-state index contributed by atoms with van der Waals surface area (Å²) in [5.41, 5.74) is 2.61. The van der Waals surface area contributed by atoms with E-state index in [0.29, 0.717) is 49.5 Å². The molecule has 4 aliphatic rings. The molecule has 0 aliphatic carbocycles. The molecule has 6 atom stereocenters. The number of aliphatic hydroxyl groups is 2. The van der Waals surface area contributed by atoms with Crippen molar-refractivity contribution in [2.24, 2.45) is 5.92 Å². The molecular formula is C43H55FN4O7Si. The van der Waals surface area contributed by atoms with Crippen LogP contribution in [0.3, 0.4) is 0 Å². The van der Waals surface area contributed by atoms with Crippen LogP contribution in [0, 0.1) is 5.92 Å². The van der Waals surface area contributed by atoms with Crippen molar-refractivity contribution in [3.05, 3.63) is 83.4 Å². The topological polar surface area (TPSA) is 132 Å². The largest absolute Gasteiger partial charge is 0.494 e. The molecule has 0 bridgehead atoms. The lowest BCUT2D eigenvalue weighted by atomic mass is 9.82. The smallest absolute Gasteiger partial charge is 0.264 e. The van der Waals surface area contributed by atoms with Crippen molar-refractivity contribution in [1.29, 1.82) is 0 Å². The lowest BCUT2D eigenvalue weighted by Crippen LogP contribution is -2.49. The first kappa shape index (κ1) is 40.1. The third-order valence-corrected chi connectivity index (χ3v) is 14.7. The quantitative estimate of drug-likeness (QED) is 0.107. The molecule has 2 saturated heterocycles. The van der Waals surface area contributed by atoms with Crippen LogP contribution in [0.1, 0.15) is 62.6 Å². The van der Waals surface area contributed by atoms with Crippen molar-refractivity contribution in [2.75, 3.05) is 42.7 Å². The van der Waals surface area contributed by atoms with Crippen molar-refractivity contribution < 1.29 is 38.2 Å². The van der Waals surface area contributed by atoms with E-state index in [1.165, 1.54) is 0 Å². The lowest BCUT2D eigenvalue weighted by molar-refractivity contribution is -0.150. The van der Waals surface area contributed by atoms with E-state index < -0.39 is 37.6 Å². The minimum atomic E-state index is -3.47. The molecule has 0 aromatic heterocycles. The zero-order valence-electron chi connectivity index (χ0n) is 32.9. The fourth-order valence-corrected chi connectivity index (χ4v) is 12.1. The monoisotopic (exact) mass is 786 g/mol. The number of aliphatic hydroxyl groups excluding tert-OH is 2. The molecule has 3 aromatic carbocycles. The molecule has 3 N–H and O–H groups in total. The maximum atomic E-state index is 16.4. The highest BCUT2D eigenvalue weighted by Crippen LogP contribution is 2.60. The first-order chi connectivity index (χ1) is 26.9. The molecule has 0 saturated carbocycles. The predicted octanol–water partition coefficient (Wildman–Crippen LogP) is 5.73. The number of ether oxygens (including phenoxy) is 2. The number of hydrogen-bond acceptors (Lipinski definition) is 8. The van der Waals surface area contributed by atoms with E-state index in [4.69, 9.17) is 9.47 Å². The van der Waals surface area contributed by atoms with Gasteiger partial charge in [-0.3, -0.25) is 19.3 Å². The molecular weight excluding hydrogens is 732 g/mol. The van der Waals surface area contributed by atoms with Crippen molar-refractivity contribution in [3.8, 4) is 5.75 Å². The summed E-state index contributed by atoms with van der Waals surface area (Å²) >= 11 is 0. The van der Waals surface area contributed by atoms with Crippen LogP contribution in [-0.2, 0) is 37.7 Å². The van der Waals surface area contributed by atoms with E-state index in [2.05, 4.69) is 5.32 Å².